The average molecular weight is 329 g/mol. The number of rotatable bonds is 4. The molecule has 3 rings (SSSR count). The molecule has 24 heavy (non-hydrogen) atoms. The number of likely N-dealkylation sites (tertiary alicyclic amines) is 1. The first-order valence-electron chi connectivity index (χ1n) is 9.08. The van der Waals surface area contributed by atoms with Crippen LogP contribution < -0.4 is 10.1 Å². The summed E-state index contributed by atoms with van der Waals surface area (Å²) in [5.41, 5.74) is 1.89. The Morgan fingerprint density at radius 2 is 2.12 bits per heavy atom. The molecule has 0 aromatic heterocycles. The number of ether oxygens (including phenoxy) is 1. The maximum Gasteiger partial charge on any atom is 0.193 e. The van der Waals surface area contributed by atoms with Gasteiger partial charge in [-0.25, -0.2) is 0 Å². The summed E-state index contributed by atoms with van der Waals surface area (Å²) in [7, 11) is 3.61. The Balaban J connectivity index is 1.62. The van der Waals surface area contributed by atoms with E-state index in [0.29, 0.717) is 5.41 Å². The molecule has 2 aliphatic rings. The first-order chi connectivity index (χ1) is 11.5. The highest BCUT2D eigenvalue weighted by Crippen LogP contribution is 2.47. The third-order valence-corrected chi connectivity index (χ3v) is 5.90. The van der Waals surface area contributed by atoms with E-state index in [1.807, 2.05) is 13.1 Å². The van der Waals surface area contributed by atoms with Gasteiger partial charge in [-0.3, -0.25) is 4.99 Å². The first-order valence-corrected chi connectivity index (χ1v) is 9.08. The average Bonchev–Trinajstić information content (AvgIpc) is 3.01. The van der Waals surface area contributed by atoms with E-state index in [1.165, 1.54) is 37.8 Å². The molecular weight excluding hydrogens is 298 g/mol. The number of hydrogen-bond acceptors (Lipinski definition) is 2. The van der Waals surface area contributed by atoms with Gasteiger partial charge in [-0.05, 0) is 42.4 Å². The third kappa shape index (κ3) is 3.38. The summed E-state index contributed by atoms with van der Waals surface area (Å²) in [5, 5.41) is 3.61. The zero-order valence-electron chi connectivity index (χ0n) is 15.6. The molecule has 1 saturated heterocycles. The maximum absolute atomic E-state index is 5.37. The van der Waals surface area contributed by atoms with Gasteiger partial charge in [-0.1, -0.05) is 32.4 Å². The van der Waals surface area contributed by atoms with Crippen LogP contribution in [0.15, 0.2) is 29.3 Å². The van der Waals surface area contributed by atoms with Crippen molar-refractivity contribution in [1.82, 2.24) is 10.2 Å². The molecule has 0 atom stereocenters. The molecule has 1 aromatic rings. The normalized spacial score (nSPS) is 20.2. The second-order valence-electron chi connectivity index (χ2n) is 8.04. The Labute approximate surface area is 146 Å². The number of benzene rings is 1. The predicted octanol–water partition coefficient (Wildman–Crippen LogP) is 3.42. The molecule has 1 aliphatic carbocycles. The number of hydrogen-bond donors (Lipinski definition) is 1. The lowest BCUT2D eigenvalue weighted by Crippen LogP contribution is -2.46. The minimum atomic E-state index is 0.0123. The molecule has 1 saturated carbocycles. The topological polar surface area (TPSA) is 36.9 Å². The van der Waals surface area contributed by atoms with Gasteiger partial charge in [0.2, 0.25) is 0 Å². The molecule has 4 heteroatoms. The van der Waals surface area contributed by atoms with Gasteiger partial charge in [0.25, 0.3) is 0 Å². The van der Waals surface area contributed by atoms with Crippen LogP contribution in [0, 0.1) is 5.41 Å². The van der Waals surface area contributed by atoms with Gasteiger partial charge >= 0.3 is 0 Å². The SMILES string of the molecule is CN=C(NCC(C)(C)c1cccc(OC)c1)N1CCC2(CCC2)C1. The number of guanidine groups is 1. The van der Waals surface area contributed by atoms with Crippen LogP contribution >= 0.6 is 0 Å². The number of nitrogens with zero attached hydrogens (tertiary/aromatic N) is 2. The summed E-state index contributed by atoms with van der Waals surface area (Å²) in [6, 6.07) is 8.36. The lowest BCUT2D eigenvalue weighted by molar-refractivity contribution is 0.151. The highest BCUT2D eigenvalue weighted by atomic mass is 16.5. The summed E-state index contributed by atoms with van der Waals surface area (Å²) in [6.45, 7) is 7.70. The van der Waals surface area contributed by atoms with Gasteiger partial charge in [0.05, 0.1) is 7.11 Å². The van der Waals surface area contributed by atoms with Crippen molar-refractivity contribution in [3.8, 4) is 5.75 Å². The third-order valence-electron chi connectivity index (χ3n) is 5.90. The van der Waals surface area contributed by atoms with E-state index in [1.54, 1.807) is 7.11 Å². The number of aliphatic imine (C=N–C) groups is 1. The Bertz CT molecular complexity index is 605. The van der Waals surface area contributed by atoms with Crippen molar-refractivity contribution < 1.29 is 4.74 Å². The highest BCUT2D eigenvalue weighted by Gasteiger charge is 2.43. The van der Waals surface area contributed by atoms with E-state index in [2.05, 4.69) is 47.3 Å². The Hall–Kier alpha value is -1.71. The fourth-order valence-electron chi connectivity index (χ4n) is 3.98. The largest absolute Gasteiger partial charge is 0.497 e. The van der Waals surface area contributed by atoms with Crippen LogP contribution in [0.1, 0.15) is 45.1 Å². The fourth-order valence-corrected chi connectivity index (χ4v) is 3.98. The maximum atomic E-state index is 5.37. The van der Waals surface area contributed by atoms with Crippen molar-refractivity contribution in [3.63, 3.8) is 0 Å². The molecule has 1 aliphatic heterocycles. The van der Waals surface area contributed by atoms with Crippen LogP contribution in [0.4, 0.5) is 0 Å². The molecular formula is C20H31N3O. The molecule has 2 fully saturated rings. The van der Waals surface area contributed by atoms with Crippen LogP contribution in [0.3, 0.4) is 0 Å². The van der Waals surface area contributed by atoms with Crippen molar-refractivity contribution in [2.45, 2.75) is 44.9 Å². The molecule has 0 unspecified atom stereocenters. The van der Waals surface area contributed by atoms with Gasteiger partial charge < -0.3 is 15.0 Å². The predicted molar refractivity (Wildman–Crippen MR) is 99.9 cm³/mol. The molecule has 132 valence electrons. The van der Waals surface area contributed by atoms with E-state index >= 15 is 0 Å². The zero-order chi connectivity index (χ0) is 17.2. The second kappa shape index (κ2) is 6.66. The molecule has 4 nitrogen and oxygen atoms in total. The van der Waals surface area contributed by atoms with E-state index < -0.39 is 0 Å². The minimum Gasteiger partial charge on any atom is -0.497 e. The van der Waals surface area contributed by atoms with Gasteiger partial charge in [-0.15, -0.1) is 0 Å². The summed E-state index contributed by atoms with van der Waals surface area (Å²) < 4.78 is 5.37. The van der Waals surface area contributed by atoms with Crippen LogP contribution in [-0.2, 0) is 5.41 Å². The lowest BCUT2D eigenvalue weighted by Gasteiger charge is -2.38. The lowest BCUT2D eigenvalue weighted by atomic mass is 9.68. The Morgan fingerprint density at radius 3 is 2.71 bits per heavy atom. The number of nitrogens with one attached hydrogen (secondary N) is 1. The van der Waals surface area contributed by atoms with Gasteiger partial charge in [0.15, 0.2) is 5.96 Å². The van der Waals surface area contributed by atoms with Gasteiger partial charge in [-0.2, -0.15) is 0 Å². The van der Waals surface area contributed by atoms with Gasteiger partial charge in [0.1, 0.15) is 5.75 Å². The standard InChI is InChI=1S/C20H31N3O/c1-19(2,16-7-5-8-17(13-16)24-4)14-22-18(21-3)23-12-11-20(15-23)9-6-10-20/h5,7-8,13H,6,9-12,14-15H2,1-4H3,(H,21,22). The molecule has 0 amide bonds. The van der Waals surface area contributed by atoms with E-state index in [-0.39, 0.29) is 5.41 Å². The molecule has 1 N–H and O–H groups in total. The van der Waals surface area contributed by atoms with Crippen LogP contribution in [0.5, 0.6) is 5.75 Å². The Morgan fingerprint density at radius 1 is 1.33 bits per heavy atom. The first kappa shape index (κ1) is 17.1. The summed E-state index contributed by atoms with van der Waals surface area (Å²) >= 11 is 0. The fraction of sp³-hybridized carbons (Fsp3) is 0.650. The summed E-state index contributed by atoms with van der Waals surface area (Å²) in [6.07, 6.45) is 5.53. The molecule has 0 radical (unpaired) electrons. The van der Waals surface area contributed by atoms with E-state index in [9.17, 15) is 0 Å². The quantitative estimate of drug-likeness (QED) is 0.679. The minimum absolute atomic E-state index is 0.0123. The van der Waals surface area contributed by atoms with Crippen LogP contribution in [0.2, 0.25) is 0 Å². The Kier molecular flexibility index (Phi) is 4.75. The summed E-state index contributed by atoms with van der Waals surface area (Å²) in [4.78, 5) is 6.98. The van der Waals surface area contributed by atoms with Crippen molar-refractivity contribution in [1.29, 1.82) is 0 Å². The van der Waals surface area contributed by atoms with Crippen molar-refractivity contribution in [3.05, 3.63) is 29.8 Å². The van der Waals surface area contributed by atoms with Crippen molar-refractivity contribution in [2.75, 3.05) is 33.8 Å². The molecule has 1 heterocycles. The van der Waals surface area contributed by atoms with Crippen LogP contribution in [-0.4, -0.2) is 44.7 Å². The van der Waals surface area contributed by atoms with E-state index in [4.69, 9.17) is 4.74 Å². The van der Waals surface area contributed by atoms with Crippen molar-refractivity contribution >= 4 is 5.96 Å². The molecule has 1 aromatic carbocycles. The zero-order valence-corrected chi connectivity index (χ0v) is 15.6. The highest BCUT2D eigenvalue weighted by molar-refractivity contribution is 5.80. The van der Waals surface area contributed by atoms with Gasteiger partial charge in [0, 0.05) is 32.1 Å². The monoisotopic (exact) mass is 329 g/mol. The van der Waals surface area contributed by atoms with E-state index in [0.717, 1.165) is 24.8 Å². The second-order valence-corrected chi connectivity index (χ2v) is 8.04. The number of methoxy groups -OCH3 is 1. The van der Waals surface area contributed by atoms with Crippen molar-refractivity contribution in [2.24, 2.45) is 10.4 Å². The molecule has 0 bridgehead atoms. The molecule has 1 spiro atoms. The van der Waals surface area contributed by atoms with Crippen LogP contribution in [0.25, 0.3) is 0 Å². The smallest absolute Gasteiger partial charge is 0.193 e. The summed E-state index contributed by atoms with van der Waals surface area (Å²) in [5.74, 6) is 1.96.